The van der Waals surface area contributed by atoms with Crippen molar-refractivity contribution in [2.75, 3.05) is 32.1 Å². The van der Waals surface area contributed by atoms with E-state index in [-0.39, 0.29) is 5.41 Å². The van der Waals surface area contributed by atoms with Crippen LogP contribution in [0, 0.1) is 16.7 Å². The van der Waals surface area contributed by atoms with Crippen molar-refractivity contribution in [3.63, 3.8) is 0 Å². The predicted octanol–water partition coefficient (Wildman–Crippen LogP) is 4.54. The van der Waals surface area contributed by atoms with Crippen LogP contribution in [0.3, 0.4) is 0 Å². The predicted molar refractivity (Wildman–Crippen MR) is 130 cm³/mol. The first-order valence-electron chi connectivity index (χ1n) is 10.9. The zero-order valence-electron chi connectivity index (χ0n) is 19.5. The number of aldehydes is 1. The van der Waals surface area contributed by atoms with Crippen molar-refractivity contribution in [3.8, 4) is 17.3 Å². The zero-order chi connectivity index (χ0) is 23.3. The van der Waals surface area contributed by atoms with E-state index in [0.717, 1.165) is 53.9 Å². The van der Waals surface area contributed by atoms with E-state index in [2.05, 4.69) is 30.0 Å². The van der Waals surface area contributed by atoms with Gasteiger partial charge in [-0.05, 0) is 44.8 Å². The van der Waals surface area contributed by atoms with E-state index < -0.39 is 0 Å². The molecule has 0 N–H and O–H groups in total. The van der Waals surface area contributed by atoms with Crippen LogP contribution in [-0.4, -0.2) is 54.4 Å². The third kappa shape index (κ3) is 5.68. The number of carbonyl (C=O) groups excluding carboxylic acids is 1. The SMILES string of the molecule is CC(C)(C)C=O.CN(C)C1CCN(c2nc3ccccc3nc2-c2cccc(C#N)c2)C1. The van der Waals surface area contributed by atoms with Gasteiger partial charge in [0.05, 0.1) is 22.7 Å². The fraction of sp³-hybridized carbons (Fsp3) is 0.385. The van der Waals surface area contributed by atoms with E-state index in [0.29, 0.717) is 11.6 Å². The summed E-state index contributed by atoms with van der Waals surface area (Å²) >= 11 is 0. The molecule has 32 heavy (non-hydrogen) atoms. The largest absolute Gasteiger partial charge is 0.353 e. The summed E-state index contributed by atoms with van der Waals surface area (Å²) in [6, 6.07) is 18.3. The third-order valence-electron chi connectivity index (χ3n) is 5.36. The number of benzene rings is 2. The molecule has 1 unspecified atom stereocenters. The molecule has 6 heteroatoms. The smallest absolute Gasteiger partial charge is 0.156 e. The Labute approximate surface area is 190 Å². The summed E-state index contributed by atoms with van der Waals surface area (Å²) in [5.41, 5.74) is 4.05. The van der Waals surface area contributed by atoms with Crippen LogP contribution in [0.1, 0.15) is 32.8 Å². The number of hydrogen-bond acceptors (Lipinski definition) is 6. The molecule has 2 heterocycles. The van der Waals surface area contributed by atoms with Gasteiger partial charge in [-0.1, -0.05) is 45.0 Å². The van der Waals surface area contributed by atoms with E-state index in [9.17, 15) is 10.1 Å². The summed E-state index contributed by atoms with van der Waals surface area (Å²) < 4.78 is 0. The number of nitriles is 1. The van der Waals surface area contributed by atoms with Gasteiger partial charge < -0.3 is 14.6 Å². The number of carbonyl (C=O) groups is 1. The van der Waals surface area contributed by atoms with Crippen LogP contribution in [-0.2, 0) is 4.79 Å². The molecule has 0 aliphatic carbocycles. The van der Waals surface area contributed by atoms with Crippen molar-refractivity contribution >= 4 is 23.1 Å². The molecule has 2 aromatic carbocycles. The molecule has 1 fully saturated rings. The number of likely N-dealkylation sites (N-methyl/N-ethyl adjacent to an activating group) is 1. The lowest BCUT2D eigenvalue weighted by atomic mass is 10.0. The van der Waals surface area contributed by atoms with Crippen molar-refractivity contribution < 1.29 is 4.79 Å². The summed E-state index contributed by atoms with van der Waals surface area (Å²) in [5.74, 6) is 0.906. The fourth-order valence-electron chi connectivity index (χ4n) is 3.50. The Bertz CT molecular complexity index is 1130. The maximum absolute atomic E-state index is 9.83. The lowest BCUT2D eigenvalue weighted by molar-refractivity contribution is -0.113. The summed E-state index contributed by atoms with van der Waals surface area (Å²) in [7, 11) is 4.25. The molecule has 4 rings (SSSR count). The number of para-hydroxylation sites is 2. The molecule has 6 nitrogen and oxygen atoms in total. The minimum absolute atomic E-state index is 0.139. The number of fused-ring (bicyclic) bond motifs is 1. The Kier molecular flexibility index (Phi) is 7.22. The Morgan fingerprint density at radius 3 is 2.31 bits per heavy atom. The maximum Gasteiger partial charge on any atom is 0.156 e. The summed E-state index contributed by atoms with van der Waals surface area (Å²) in [4.78, 5) is 24.3. The minimum Gasteiger partial charge on any atom is -0.353 e. The van der Waals surface area contributed by atoms with Gasteiger partial charge in [0.15, 0.2) is 5.82 Å². The number of hydrogen-bond donors (Lipinski definition) is 0. The zero-order valence-corrected chi connectivity index (χ0v) is 19.5. The average molecular weight is 430 g/mol. The Morgan fingerprint density at radius 2 is 1.75 bits per heavy atom. The number of nitrogens with zero attached hydrogens (tertiary/aromatic N) is 5. The highest BCUT2D eigenvalue weighted by Gasteiger charge is 2.27. The molecule has 0 radical (unpaired) electrons. The Balaban J connectivity index is 0.000000427. The Morgan fingerprint density at radius 1 is 1.09 bits per heavy atom. The van der Waals surface area contributed by atoms with Crippen LogP contribution >= 0.6 is 0 Å². The van der Waals surface area contributed by atoms with E-state index in [1.165, 1.54) is 0 Å². The first kappa shape index (κ1) is 23.4. The van der Waals surface area contributed by atoms with Gasteiger partial charge in [-0.3, -0.25) is 0 Å². The van der Waals surface area contributed by atoms with Crippen LogP contribution in [0.5, 0.6) is 0 Å². The number of anilines is 1. The highest BCUT2D eigenvalue weighted by atomic mass is 16.1. The van der Waals surface area contributed by atoms with Crippen molar-refractivity contribution in [2.45, 2.75) is 33.2 Å². The normalized spacial score (nSPS) is 15.9. The van der Waals surface area contributed by atoms with Crippen molar-refractivity contribution in [3.05, 3.63) is 54.1 Å². The van der Waals surface area contributed by atoms with E-state index in [1.807, 2.05) is 69.3 Å². The molecular formula is C26H31N5O. The van der Waals surface area contributed by atoms with Crippen molar-refractivity contribution in [2.24, 2.45) is 5.41 Å². The van der Waals surface area contributed by atoms with Gasteiger partial charge in [0.1, 0.15) is 12.0 Å². The first-order chi connectivity index (χ1) is 15.2. The van der Waals surface area contributed by atoms with Gasteiger partial charge in [-0.15, -0.1) is 0 Å². The van der Waals surface area contributed by atoms with E-state index >= 15 is 0 Å². The molecule has 1 atom stereocenters. The second kappa shape index (κ2) is 9.88. The molecule has 1 aliphatic heterocycles. The number of rotatable bonds is 3. The molecule has 0 amide bonds. The second-order valence-electron chi connectivity index (χ2n) is 9.41. The summed E-state index contributed by atoms with van der Waals surface area (Å²) in [5, 5.41) is 9.26. The molecular weight excluding hydrogens is 398 g/mol. The summed E-state index contributed by atoms with van der Waals surface area (Å²) in [6.45, 7) is 7.52. The van der Waals surface area contributed by atoms with Crippen LogP contribution in [0.15, 0.2) is 48.5 Å². The molecule has 3 aromatic rings. The lowest BCUT2D eigenvalue weighted by Crippen LogP contribution is -2.32. The van der Waals surface area contributed by atoms with Crippen LogP contribution in [0.25, 0.3) is 22.3 Å². The monoisotopic (exact) mass is 429 g/mol. The maximum atomic E-state index is 9.83. The molecule has 166 valence electrons. The van der Waals surface area contributed by atoms with Gasteiger partial charge in [0, 0.05) is 30.1 Å². The van der Waals surface area contributed by atoms with Gasteiger partial charge in [0.25, 0.3) is 0 Å². The lowest BCUT2D eigenvalue weighted by Gasteiger charge is -2.23. The second-order valence-corrected chi connectivity index (χ2v) is 9.41. The average Bonchev–Trinajstić information content (AvgIpc) is 3.29. The molecule has 0 saturated carbocycles. The molecule has 1 aliphatic rings. The highest BCUT2D eigenvalue weighted by Crippen LogP contribution is 2.32. The molecule has 1 saturated heterocycles. The molecule has 0 bridgehead atoms. The highest BCUT2D eigenvalue weighted by molar-refractivity contribution is 5.84. The summed E-state index contributed by atoms with van der Waals surface area (Å²) in [6.07, 6.45) is 2.05. The topological polar surface area (TPSA) is 73.1 Å². The van der Waals surface area contributed by atoms with E-state index in [4.69, 9.17) is 9.97 Å². The van der Waals surface area contributed by atoms with Gasteiger partial charge in [-0.25, -0.2) is 9.97 Å². The minimum atomic E-state index is -0.139. The Hall–Kier alpha value is -3.30. The van der Waals surface area contributed by atoms with Gasteiger partial charge >= 0.3 is 0 Å². The third-order valence-corrected chi connectivity index (χ3v) is 5.36. The van der Waals surface area contributed by atoms with Crippen molar-refractivity contribution in [1.29, 1.82) is 5.26 Å². The van der Waals surface area contributed by atoms with Crippen LogP contribution < -0.4 is 4.90 Å². The molecule has 0 spiro atoms. The number of aromatic nitrogens is 2. The first-order valence-corrected chi connectivity index (χ1v) is 10.9. The van der Waals surface area contributed by atoms with Crippen LogP contribution in [0.2, 0.25) is 0 Å². The van der Waals surface area contributed by atoms with Crippen molar-refractivity contribution in [1.82, 2.24) is 14.9 Å². The molecule has 1 aromatic heterocycles. The van der Waals surface area contributed by atoms with Gasteiger partial charge in [-0.2, -0.15) is 5.26 Å². The van der Waals surface area contributed by atoms with Crippen LogP contribution in [0.4, 0.5) is 5.82 Å². The van der Waals surface area contributed by atoms with E-state index in [1.54, 1.807) is 0 Å². The quantitative estimate of drug-likeness (QED) is 0.569. The standard InChI is InChI=1S/C21H21N5.C5H10O/c1-25(2)17-10-11-26(14-17)21-20(16-7-5-6-15(12-16)13-22)23-18-8-3-4-9-19(18)24-21;1-5(2,3)4-6/h3-9,12,17H,10-11,14H2,1-2H3;4H,1-3H3. The van der Waals surface area contributed by atoms with Gasteiger partial charge in [0.2, 0.25) is 0 Å². The fourth-order valence-corrected chi connectivity index (χ4v) is 3.50.